The van der Waals surface area contributed by atoms with Crippen molar-refractivity contribution in [1.29, 1.82) is 5.26 Å². The third kappa shape index (κ3) is 4.77. The molecule has 2 amide bonds. The van der Waals surface area contributed by atoms with Crippen LogP contribution in [0.5, 0.6) is 5.75 Å². The van der Waals surface area contributed by atoms with Crippen LogP contribution < -0.4 is 10.1 Å². The second-order valence-electron chi connectivity index (χ2n) is 6.56. The van der Waals surface area contributed by atoms with E-state index in [4.69, 9.17) is 4.74 Å². The van der Waals surface area contributed by atoms with E-state index in [9.17, 15) is 23.3 Å². The number of nitriles is 1. The van der Waals surface area contributed by atoms with Crippen LogP contribution in [0.3, 0.4) is 0 Å². The highest BCUT2D eigenvalue weighted by molar-refractivity contribution is 7.91. The average Bonchev–Trinajstić information content (AvgIpc) is 2.99. The molecule has 1 aliphatic heterocycles. The summed E-state index contributed by atoms with van der Waals surface area (Å²) in [6, 6.07) is 6.38. The standard InChI is InChI=1S/C18H23N3O5S/c1-4-12(2)16(18(23)21-11-27(24,25)10-14(21)9-19)20-17(22)13-6-5-7-15(8-13)26-3/h5-8,12,14,16H,4,10-11H2,1-3H3,(H,20,22)/t12?,14-,16+/m1/s1. The minimum atomic E-state index is -3.50. The van der Waals surface area contributed by atoms with Gasteiger partial charge in [0.25, 0.3) is 5.91 Å². The average molecular weight is 393 g/mol. The highest BCUT2D eigenvalue weighted by Crippen LogP contribution is 2.20. The lowest BCUT2D eigenvalue weighted by atomic mass is 9.97. The van der Waals surface area contributed by atoms with Crippen LogP contribution in [0.2, 0.25) is 0 Å². The van der Waals surface area contributed by atoms with Gasteiger partial charge in [-0.15, -0.1) is 0 Å². The number of nitrogens with zero attached hydrogens (tertiary/aromatic N) is 2. The van der Waals surface area contributed by atoms with Crippen LogP contribution >= 0.6 is 0 Å². The van der Waals surface area contributed by atoms with Crippen LogP contribution in [0.15, 0.2) is 24.3 Å². The fourth-order valence-corrected chi connectivity index (χ4v) is 4.43. The molecular formula is C18H23N3O5S. The van der Waals surface area contributed by atoms with Crippen LogP contribution in [0.1, 0.15) is 30.6 Å². The lowest BCUT2D eigenvalue weighted by Gasteiger charge is -2.28. The first-order chi connectivity index (χ1) is 12.7. The largest absolute Gasteiger partial charge is 0.497 e. The van der Waals surface area contributed by atoms with Gasteiger partial charge < -0.3 is 15.0 Å². The van der Waals surface area contributed by atoms with Gasteiger partial charge in [0.15, 0.2) is 9.84 Å². The maximum absolute atomic E-state index is 13.0. The number of hydrogen-bond donors (Lipinski definition) is 1. The normalized spacial score (nSPS) is 20.4. The van der Waals surface area contributed by atoms with E-state index >= 15 is 0 Å². The summed E-state index contributed by atoms with van der Waals surface area (Å²) >= 11 is 0. The summed E-state index contributed by atoms with van der Waals surface area (Å²) < 4.78 is 28.8. The number of methoxy groups -OCH3 is 1. The number of benzene rings is 1. The van der Waals surface area contributed by atoms with Crippen molar-refractivity contribution < 1.29 is 22.7 Å². The van der Waals surface area contributed by atoms with Gasteiger partial charge in [-0.1, -0.05) is 26.3 Å². The Balaban J connectivity index is 2.26. The number of amides is 2. The van der Waals surface area contributed by atoms with Crippen LogP contribution in [0.4, 0.5) is 0 Å². The number of ether oxygens (including phenoxy) is 1. The highest BCUT2D eigenvalue weighted by atomic mass is 32.2. The van der Waals surface area contributed by atoms with Crippen molar-refractivity contribution >= 4 is 21.7 Å². The van der Waals surface area contributed by atoms with Crippen molar-refractivity contribution in [1.82, 2.24) is 10.2 Å². The minimum Gasteiger partial charge on any atom is -0.497 e. The molecule has 1 fully saturated rings. The molecule has 3 atom stereocenters. The first-order valence-electron chi connectivity index (χ1n) is 8.57. The summed E-state index contributed by atoms with van der Waals surface area (Å²) in [5.74, 6) is -1.66. The molecular weight excluding hydrogens is 370 g/mol. The Morgan fingerprint density at radius 2 is 2.15 bits per heavy atom. The Kier molecular flexibility index (Phi) is 6.44. The molecule has 0 bridgehead atoms. The Labute approximate surface area is 159 Å². The van der Waals surface area contributed by atoms with Gasteiger partial charge >= 0.3 is 0 Å². The third-order valence-corrected chi connectivity index (χ3v) is 6.15. The van der Waals surface area contributed by atoms with Gasteiger partial charge in [-0.05, 0) is 24.1 Å². The monoisotopic (exact) mass is 393 g/mol. The minimum absolute atomic E-state index is 0.241. The number of carbonyl (C=O) groups is 2. The van der Waals surface area contributed by atoms with Crippen LogP contribution in [-0.4, -0.2) is 56.0 Å². The Hall–Kier alpha value is -2.60. The van der Waals surface area contributed by atoms with Crippen LogP contribution in [-0.2, 0) is 14.6 Å². The van der Waals surface area contributed by atoms with E-state index in [0.717, 1.165) is 4.90 Å². The van der Waals surface area contributed by atoms with E-state index in [1.54, 1.807) is 31.2 Å². The molecule has 146 valence electrons. The van der Waals surface area contributed by atoms with Crippen molar-refractivity contribution in [2.45, 2.75) is 32.4 Å². The van der Waals surface area contributed by atoms with Crippen LogP contribution in [0.25, 0.3) is 0 Å². The summed E-state index contributed by atoms with van der Waals surface area (Å²) in [5.41, 5.74) is 0.321. The van der Waals surface area contributed by atoms with Gasteiger partial charge in [0.2, 0.25) is 5.91 Å². The maximum atomic E-state index is 13.0. The molecule has 1 aromatic carbocycles. The van der Waals surface area contributed by atoms with Crippen molar-refractivity contribution in [3.8, 4) is 11.8 Å². The summed E-state index contributed by atoms with van der Waals surface area (Å²) in [6.07, 6.45) is 0.590. The zero-order valence-electron chi connectivity index (χ0n) is 15.5. The van der Waals surface area contributed by atoms with Crippen molar-refractivity contribution in [3.05, 3.63) is 29.8 Å². The maximum Gasteiger partial charge on any atom is 0.252 e. The van der Waals surface area contributed by atoms with E-state index in [2.05, 4.69) is 5.32 Å². The number of rotatable bonds is 6. The molecule has 0 saturated carbocycles. The Morgan fingerprint density at radius 3 is 2.74 bits per heavy atom. The van der Waals surface area contributed by atoms with Gasteiger partial charge in [-0.3, -0.25) is 9.59 Å². The van der Waals surface area contributed by atoms with Gasteiger partial charge in [-0.25, -0.2) is 8.42 Å². The van der Waals surface area contributed by atoms with Gasteiger partial charge in [0, 0.05) is 5.56 Å². The quantitative estimate of drug-likeness (QED) is 0.769. The zero-order valence-corrected chi connectivity index (χ0v) is 16.3. The molecule has 9 heteroatoms. The lowest BCUT2D eigenvalue weighted by Crippen LogP contribution is -2.53. The molecule has 0 aromatic heterocycles. The topological polar surface area (TPSA) is 117 Å². The van der Waals surface area contributed by atoms with E-state index in [-0.39, 0.29) is 11.7 Å². The molecule has 27 heavy (non-hydrogen) atoms. The summed E-state index contributed by atoms with van der Waals surface area (Å²) in [4.78, 5) is 26.6. The predicted molar refractivity (Wildman–Crippen MR) is 98.6 cm³/mol. The summed E-state index contributed by atoms with van der Waals surface area (Å²) in [5, 5.41) is 11.9. The van der Waals surface area contributed by atoms with E-state index in [0.29, 0.717) is 17.7 Å². The van der Waals surface area contributed by atoms with Gasteiger partial charge in [0.1, 0.15) is 23.7 Å². The molecule has 1 heterocycles. The number of hydrogen-bond acceptors (Lipinski definition) is 6. The van der Waals surface area contributed by atoms with Crippen molar-refractivity contribution in [2.24, 2.45) is 5.92 Å². The fraction of sp³-hybridized carbons (Fsp3) is 0.500. The van der Waals surface area contributed by atoms with Crippen molar-refractivity contribution in [2.75, 3.05) is 18.7 Å². The van der Waals surface area contributed by atoms with E-state index in [1.807, 2.05) is 13.0 Å². The summed E-state index contributed by atoms with van der Waals surface area (Å²) in [7, 11) is -2.02. The molecule has 0 aliphatic carbocycles. The van der Waals surface area contributed by atoms with Gasteiger partial charge in [0.05, 0.1) is 18.9 Å². The second-order valence-corrected chi connectivity index (χ2v) is 8.64. The molecule has 1 unspecified atom stereocenters. The molecule has 0 radical (unpaired) electrons. The van der Waals surface area contributed by atoms with Gasteiger partial charge in [-0.2, -0.15) is 5.26 Å². The molecule has 0 spiro atoms. The third-order valence-electron chi connectivity index (χ3n) is 4.65. The van der Waals surface area contributed by atoms with Crippen LogP contribution in [0, 0.1) is 17.2 Å². The number of sulfone groups is 1. The number of nitrogens with one attached hydrogen (secondary N) is 1. The molecule has 1 aromatic rings. The molecule has 8 nitrogen and oxygen atoms in total. The smallest absolute Gasteiger partial charge is 0.252 e. The van der Waals surface area contributed by atoms with Crippen molar-refractivity contribution in [3.63, 3.8) is 0 Å². The highest BCUT2D eigenvalue weighted by Gasteiger charge is 2.42. The summed E-state index contributed by atoms with van der Waals surface area (Å²) in [6.45, 7) is 3.66. The Morgan fingerprint density at radius 1 is 1.44 bits per heavy atom. The van der Waals surface area contributed by atoms with E-state index in [1.165, 1.54) is 7.11 Å². The fourth-order valence-electron chi connectivity index (χ4n) is 2.86. The molecule has 1 N–H and O–H groups in total. The zero-order chi connectivity index (χ0) is 20.2. The SMILES string of the molecule is CCC(C)[C@H](NC(=O)c1cccc(OC)c1)C(=O)N1CS(=O)(=O)C[C@H]1C#N. The second kappa shape index (κ2) is 8.39. The van der Waals surface area contributed by atoms with E-state index < -0.39 is 39.6 Å². The molecule has 1 aliphatic rings. The molecule has 1 saturated heterocycles. The Bertz CT molecular complexity index is 862. The first kappa shape index (κ1) is 20.7. The first-order valence-corrected chi connectivity index (χ1v) is 10.4. The number of carbonyl (C=O) groups excluding carboxylic acids is 2. The lowest BCUT2D eigenvalue weighted by molar-refractivity contribution is -0.134. The predicted octanol–water partition coefficient (Wildman–Crippen LogP) is 0.946. The molecule has 2 rings (SSSR count).